The van der Waals surface area contributed by atoms with Crippen LogP contribution in [0.4, 0.5) is 11.5 Å². The number of rotatable bonds is 8. The molecule has 0 atom stereocenters. The van der Waals surface area contributed by atoms with Crippen LogP contribution in [0.25, 0.3) is 10.9 Å². The minimum atomic E-state index is -1.05. The molecule has 4 rings (SSSR count). The molecule has 0 unspecified atom stereocenters. The van der Waals surface area contributed by atoms with Gasteiger partial charge in [0.1, 0.15) is 5.82 Å². The molecule has 9 nitrogen and oxygen atoms in total. The summed E-state index contributed by atoms with van der Waals surface area (Å²) in [5, 5.41) is 18.0. The van der Waals surface area contributed by atoms with E-state index in [1.165, 1.54) is 11.3 Å². The van der Waals surface area contributed by atoms with Crippen molar-refractivity contribution >= 4 is 51.5 Å². The second kappa shape index (κ2) is 10.8. The van der Waals surface area contributed by atoms with E-state index in [0.717, 1.165) is 4.88 Å². The Morgan fingerprint density at radius 3 is 2.51 bits per heavy atom. The van der Waals surface area contributed by atoms with Gasteiger partial charge < -0.3 is 20.6 Å². The topological polar surface area (TPSA) is 115 Å². The smallest absolute Gasteiger partial charge is 0.336 e. The van der Waals surface area contributed by atoms with Gasteiger partial charge in [-0.05, 0) is 49.6 Å². The number of piperazine rings is 1. The lowest BCUT2D eigenvalue weighted by molar-refractivity contribution is -0.122. The molecule has 10 heteroatoms. The van der Waals surface area contributed by atoms with E-state index in [4.69, 9.17) is 4.98 Å². The number of pyridine rings is 1. The van der Waals surface area contributed by atoms with Crippen LogP contribution in [0, 0.1) is 0 Å². The zero-order valence-corrected chi connectivity index (χ0v) is 20.6. The third-order valence-electron chi connectivity index (χ3n) is 5.74. The van der Waals surface area contributed by atoms with Gasteiger partial charge in [-0.1, -0.05) is 6.07 Å². The van der Waals surface area contributed by atoms with E-state index in [2.05, 4.69) is 15.5 Å². The standard InChI is InChI=1S/C25H29N5O4S/c1-16(2)26-24(32)15-29-7-9-30(10-8-29)22-14-20(25(33)34)19-12-17(5-6-21(19)28-22)27-23(31)13-18-4-3-11-35-18/h3-6,11-12,14,16H,7-10,13,15H2,1-2H3,(H,26,32)(H,27,31)(H,33,34). The van der Waals surface area contributed by atoms with Crippen molar-refractivity contribution in [3.8, 4) is 0 Å². The molecule has 2 aromatic heterocycles. The number of carboxylic acids is 1. The van der Waals surface area contributed by atoms with Gasteiger partial charge in [-0.15, -0.1) is 11.3 Å². The molecule has 0 radical (unpaired) electrons. The lowest BCUT2D eigenvalue weighted by Crippen LogP contribution is -2.50. The Kier molecular flexibility index (Phi) is 7.62. The first kappa shape index (κ1) is 24.6. The van der Waals surface area contributed by atoms with Crippen molar-refractivity contribution in [2.75, 3.05) is 42.9 Å². The highest BCUT2D eigenvalue weighted by Crippen LogP contribution is 2.27. The SMILES string of the molecule is CC(C)NC(=O)CN1CCN(c2cc(C(=O)O)c3cc(NC(=O)Cc4cccs4)ccc3n2)CC1. The monoisotopic (exact) mass is 495 g/mol. The largest absolute Gasteiger partial charge is 0.478 e. The number of carbonyl (C=O) groups excluding carboxylic acids is 2. The summed E-state index contributed by atoms with van der Waals surface area (Å²) in [6.07, 6.45) is 0.268. The van der Waals surface area contributed by atoms with E-state index in [1.54, 1.807) is 24.3 Å². The Morgan fingerprint density at radius 1 is 1.09 bits per heavy atom. The molecule has 1 aliphatic rings. The zero-order chi connectivity index (χ0) is 24.9. The number of aromatic nitrogens is 1. The molecule has 3 aromatic rings. The summed E-state index contributed by atoms with van der Waals surface area (Å²) in [6.45, 7) is 6.86. The summed E-state index contributed by atoms with van der Waals surface area (Å²) in [7, 11) is 0. The summed E-state index contributed by atoms with van der Waals surface area (Å²) in [6, 6.07) is 10.6. The first-order valence-electron chi connectivity index (χ1n) is 11.6. The van der Waals surface area contributed by atoms with E-state index in [1.807, 2.05) is 36.3 Å². The Balaban J connectivity index is 1.47. The number of amides is 2. The minimum absolute atomic E-state index is 0.00345. The fraction of sp³-hybridized carbons (Fsp3) is 0.360. The Labute approximate surface area is 207 Å². The van der Waals surface area contributed by atoms with Crippen LogP contribution in [0.5, 0.6) is 0 Å². The number of aromatic carboxylic acids is 1. The third kappa shape index (κ3) is 6.34. The molecule has 1 aromatic carbocycles. The molecule has 0 aliphatic carbocycles. The predicted molar refractivity (Wildman–Crippen MR) is 137 cm³/mol. The third-order valence-corrected chi connectivity index (χ3v) is 6.61. The van der Waals surface area contributed by atoms with Gasteiger partial charge in [0, 0.05) is 48.2 Å². The van der Waals surface area contributed by atoms with Gasteiger partial charge in [0.05, 0.1) is 24.0 Å². The maximum absolute atomic E-state index is 12.4. The molecule has 0 spiro atoms. The van der Waals surface area contributed by atoms with Gasteiger partial charge in [0.15, 0.2) is 0 Å². The number of nitrogens with zero attached hydrogens (tertiary/aromatic N) is 3. The maximum Gasteiger partial charge on any atom is 0.336 e. The molecule has 0 bridgehead atoms. The van der Waals surface area contributed by atoms with Crippen molar-refractivity contribution in [3.05, 3.63) is 52.2 Å². The quantitative estimate of drug-likeness (QED) is 0.440. The first-order chi connectivity index (χ1) is 16.8. The predicted octanol–water partition coefficient (Wildman–Crippen LogP) is 2.82. The highest BCUT2D eigenvalue weighted by atomic mass is 32.1. The molecule has 184 valence electrons. The lowest BCUT2D eigenvalue weighted by Gasteiger charge is -2.35. The van der Waals surface area contributed by atoms with E-state index in [9.17, 15) is 19.5 Å². The molecular formula is C25H29N5O4S. The number of carbonyl (C=O) groups is 3. The van der Waals surface area contributed by atoms with Crippen LogP contribution >= 0.6 is 11.3 Å². The number of hydrogen-bond donors (Lipinski definition) is 3. The van der Waals surface area contributed by atoms with E-state index in [0.29, 0.717) is 55.1 Å². The lowest BCUT2D eigenvalue weighted by atomic mass is 10.1. The van der Waals surface area contributed by atoms with Crippen molar-refractivity contribution in [2.24, 2.45) is 0 Å². The van der Waals surface area contributed by atoms with E-state index in [-0.39, 0.29) is 29.8 Å². The van der Waals surface area contributed by atoms with Crippen LogP contribution in [0.3, 0.4) is 0 Å². The van der Waals surface area contributed by atoms with Crippen molar-refractivity contribution in [1.29, 1.82) is 0 Å². The highest BCUT2D eigenvalue weighted by molar-refractivity contribution is 7.10. The number of nitrogens with one attached hydrogen (secondary N) is 2. The van der Waals surface area contributed by atoms with Crippen LogP contribution < -0.4 is 15.5 Å². The van der Waals surface area contributed by atoms with Gasteiger partial charge >= 0.3 is 5.97 Å². The van der Waals surface area contributed by atoms with E-state index >= 15 is 0 Å². The van der Waals surface area contributed by atoms with Gasteiger partial charge in [-0.25, -0.2) is 9.78 Å². The Hall–Kier alpha value is -3.50. The molecule has 3 N–H and O–H groups in total. The summed E-state index contributed by atoms with van der Waals surface area (Å²) < 4.78 is 0. The number of fused-ring (bicyclic) bond motifs is 1. The zero-order valence-electron chi connectivity index (χ0n) is 19.8. The number of carboxylic acid groups (broad SMARTS) is 1. The Bertz CT molecular complexity index is 1220. The summed E-state index contributed by atoms with van der Waals surface area (Å²) in [5.74, 6) is -0.614. The second-order valence-corrected chi connectivity index (χ2v) is 9.89. The minimum Gasteiger partial charge on any atom is -0.478 e. The van der Waals surface area contributed by atoms with Crippen molar-refractivity contribution in [2.45, 2.75) is 26.3 Å². The van der Waals surface area contributed by atoms with Crippen LogP contribution in [-0.4, -0.2) is 71.5 Å². The van der Waals surface area contributed by atoms with Crippen molar-refractivity contribution in [3.63, 3.8) is 0 Å². The Morgan fingerprint density at radius 2 is 1.86 bits per heavy atom. The number of hydrogen-bond acceptors (Lipinski definition) is 7. The van der Waals surface area contributed by atoms with Crippen LogP contribution in [0.15, 0.2) is 41.8 Å². The van der Waals surface area contributed by atoms with Crippen LogP contribution in [0.2, 0.25) is 0 Å². The summed E-state index contributed by atoms with van der Waals surface area (Å²) >= 11 is 1.51. The molecule has 2 amide bonds. The number of anilines is 2. The average Bonchev–Trinajstić information content (AvgIpc) is 3.31. The average molecular weight is 496 g/mol. The van der Waals surface area contributed by atoms with E-state index < -0.39 is 5.97 Å². The molecule has 3 heterocycles. The molecule has 1 fully saturated rings. The van der Waals surface area contributed by atoms with Crippen molar-refractivity contribution < 1.29 is 19.5 Å². The number of thiophene rings is 1. The maximum atomic E-state index is 12.4. The van der Waals surface area contributed by atoms with Gasteiger partial charge in [-0.3, -0.25) is 14.5 Å². The van der Waals surface area contributed by atoms with Crippen LogP contribution in [0.1, 0.15) is 29.1 Å². The highest BCUT2D eigenvalue weighted by Gasteiger charge is 2.22. The fourth-order valence-electron chi connectivity index (χ4n) is 4.11. The van der Waals surface area contributed by atoms with Gasteiger partial charge in [-0.2, -0.15) is 0 Å². The second-order valence-electron chi connectivity index (χ2n) is 8.85. The normalized spacial score (nSPS) is 14.3. The molecule has 1 saturated heterocycles. The molecular weight excluding hydrogens is 466 g/mol. The van der Waals surface area contributed by atoms with Gasteiger partial charge in [0.2, 0.25) is 11.8 Å². The summed E-state index contributed by atoms with van der Waals surface area (Å²) in [4.78, 5) is 46.3. The molecule has 0 saturated carbocycles. The fourth-order valence-corrected chi connectivity index (χ4v) is 4.81. The number of benzene rings is 1. The van der Waals surface area contributed by atoms with Crippen LogP contribution in [-0.2, 0) is 16.0 Å². The van der Waals surface area contributed by atoms with Gasteiger partial charge in [0.25, 0.3) is 0 Å². The summed E-state index contributed by atoms with van der Waals surface area (Å²) in [5.41, 5.74) is 1.22. The van der Waals surface area contributed by atoms with Crippen molar-refractivity contribution in [1.82, 2.24) is 15.2 Å². The molecule has 35 heavy (non-hydrogen) atoms. The first-order valence-corrected chi connectivity index (χ1v) is 12.4. The molecule has 1 aliphatic heterocycles.